The molecule has 0 radical (unpaired) electrons. The first-order chi connectivity index (χ1) is 7.13. The topological polar surface area (TPSA) is 26.3 Å². The van der Waals surface area contributed by atoms with Gasteiger partial charge in [0.05, 0.1) is 6.61 Å². The van der Waals surface area contributed by atoms with Crippen LogP contribution in [0.3, 0.4) is 0 Å². The summed E-state index contributed by atoms with van der Waals surface area (Å²) >= 11 is 0. The Hall–Kier alpha value is -1.71. The molecule has 0 bridgehead atoms. The van der Waals surface area contributed by atoms with Crippen LogP contribution in [0.5, 0.6) is 0 Å². The molecule has 1 aromatic carbocycles. The fraction of sp³-hybridized carbons (Fsp3) is 0.182. The predicted octanol–water partition coefficient (Wildman–Crippen LogP) is 2.70. The molecule has 0 aliphatic carbocycles. The summed E-state index contributed by atoms with van der Waals surface area (Å²) in [5.41, 5.74) is 0.278. The molecule has 1 rings (SSSR count). The van der Waals surface area contributed by atoms with Gasteiger partial charge in [-0.3, -0.25) is 0 Å². The van der Waals surface area contributed by atoms with Gasteiger partial charge in [0.1, 0.15) is 5.82 Å². The van der Waals surface area contributed by atoms with Gasteiger partial charge < -0.3 is 4.74 Å². The zero-order valence-electron chi connectivity index (χ0n) is 8.17. The van der Waals surface area contributed by atoms with Crippen molar-refractivity contribution in [2.75, 3.05) is 6.61 Å². The fourth-order valence-corrected chi connectivity index (χ4v) is 1.00. The Labute approximate surface area is 86.2 Å². The lowest BCUT2D eigenvalue weighted by Gasteiger charge is -1.98. The molecule has 1 aromatic rings. The van der Waals surface area contributed by atoms with Gasteiger partial charge in [0.25, 0.3) is 0 Å². The Bertz CT molecular complexity index is 386. The number of carbonyl (C=O) groups is 1. The average molecular weight is 212 g/mol. The third-order valence-electron chi connectivity index (χ3n) is 1.61. The van der Waals surface area contributed by atoms with Crippen LogP contribution in [0.2, 0.25) is 0 Å². The predicted molar refractivity (Wildman–Crippen MR) is 52.1 cm³/mol. The van der Waals surface area contributed by atoms with E-state index in [0.29, 0.717) is 0 Å². The van der Waals surface area contributed by atoms with Crippen LogP contribution in [0.25, 0.3) is 6.08 Å². The molecule has 0 saturated heterocycles. The van der Waals surface area contributed by atoms with E-state index < -0.39 is 17.6 Å². The maximum Gasteiger partial charge on any atom is 0.367 e. The second-order valence-electron chi connectivity index (χ2n) is 2.77. The highest BCUT2D eigenvalue weighted by Crippen LogP contribution is 2.10. The third-order valence-corrected chi connectivity index (χ3v) is 1.61. The van der Waals surface area contributed by atoms with Gasteiger partial charge in [-0.2, -0.15) is 4.39 Å². The summed E-state index contributed by atoms with van der Waals surface area (Å²) in [6, 6.07) is 5.28. The molecule has 0 amide bonds. The maximum absolute atomic E-state index is 13.1. The molecular weight excluding hydrogens is 202 g/mol. The van der Waals surface area contributed by atoms with E-state index in [9.17, 15) is 13.6 Å². The number of hydrogen-bond donors (Lipinski definition) is 0. The molecule has 80 valence electrons. The molecule has 2 nitrogen and oxygen atoms in total. The van der Waals surface area contributed by atoms with Crippen LogP contribution in [0.1, 0.15) is 12.5 Å². The molecule has 0 aliphatic rings. The van der Waals surface area contributed by atoms with Crippen molar-refractivity contribution in [3.63, 3.8) is 0 Å². The van der Waals surface area contributed by atoms with Crippen LogP contribution in [0, 0.1) is 5.82 Å². The van der Waals surface area contributed by atoms with E-state index in [2.05, 4.69) is 4.74 Å². The van der Waals surface area contributed by atoms with Crippen molar-refractivity contribution >= 4 is 12.0 Å². The minimum atomic E-state index is -1.04. The molecule has 4 heteroatoms. The van der Waals surface area contributed by atoms with Gasteiger partial charge in [0.15, 0.2) is 0 Å². The van der Waals surface area contributed by atoms with Crippen LogP contribution < -0.4 is 0 Å². The van der Waals surface area contributed by atoms with Crippen LogP contribution in [0.15, 0.2) is 30.1 Å². The number of benzene rings is 1. The lowest BCUT2D eigenvalue weighted by molar-refractivity contribution is -0.140. The Morgan fingerprint density at radius 1 is 1.53 bits per heavy atom. The van der Waals surface area contributed by atoms with Gasteiger partial charge in [-0.25, -0.2) is 9.18 Å². The summed E-state index contributed by atoms with van der Waals surface area (Å²) in [4.78, 5) is 10.9. The van der Waals surface area contributed by atoms with E-state index in [1.165, 1.54) is 18.2 Å². The Morgan fingerprint density at radius 2 is 2.27 bits per heavy atom. The zero-order chi connectivity index (χ0) is 11.3. The molecule has 0 unspecified atom stereocenters. The Balaban J connectivity index is 2.82. The lowest BCUT2D eigenvalue weighted by Crippen LogP contribution is -2.03. The highest BCUT2D eigenvalue weighted by Gasteiger charge is 2.09. The van der Waals surface area contributed by atoms with Gasteiger partial charge >= 0.3 is 5.97 Å². The Kier molecular flexibility index (Phi) is 3.97. The summed E-state index contributed by atoms with van der Waals surface area (Å²) < 4.78 is 30.2. The molecule has 15 heavy (non-hydrogen) atoms. The van der Waals surface area contributed by atoms with Crippen molar-refractivity contribution in [2.45, 2.75) is 6.92 Å². The maximum atomic E-state index is 13.1. The molecule has 0 N–H and O–H groups in total. The monoisotopic (exact) mass is 212 g/mol. The van der Waals surface area contributed by atoms with Crippen molar-refractivity contribution in [1.82, 2.24) is 0 Å². The van der Waals surface area contributed by atoms with Gasteiger partial charge in [0, 0.05) is 0 Å². The zero-order valence-corrected chi connectivity index (χ0v) is 8.17. The number of halogens is 2. The number of carbonyl (C=O) groups excluding carboxylic acids is 1. The second kappa shape index (κ2) is 5.24. The first-order valence-corrected chi connectivity index (χ1v) is 4.43. The van der Waals surface area contributed by atoms with Crippen molar-refractivity contribution in [3.05, 3.63) is 41.5 Å². The molecule has 0 heterocycles. The molecule has 0 atom stereocenters. The minimum absolute atomic E-state index is 0.100. The smallest absolute Gasteiger partial charge is 0.367 e. The number of rotatable bonds is 3. The van der Waals surface area contributed by atoms with Gasteiger partial charge in [0.2, 0.25) is 5.83 Å². The van der Waals surface area contributed by atoms with E-state index in [-0.39, 0.29) is 12.2 Å². The fourth-order valence-electron chi connectivity index (χ4n) is 1.00. The molecule has 0 spiro atoms. The number of ether oxygens (including phenoxy) is 1. The second-order valence-corrected chi connectivity index (χ2v) is 2.77. The summed E-state index contributed by atoms with van der Waals surface area (Å²) in [6.45, 7) is 1.68. The van der Waals surface area contributed by atoms with E-state index >= 15 is 0 Å². The van der Waals surface area contributed by atoms with Crippen LogP contribution in [-0.4, -0.2) is 12.6 Å². The van der Waals surface area contributed by atoms with E-state index in [1.807, 2.05) is 0 Å². The van der Waals surface area contributed by atoms with E-state index in [0.717, 1.165) is 12.1 Å². The van der Waals surface area contributed by atoms with Gasteiger partial charge in [-0.1, -0.05) is 12.1 Å². The number of esters is 1. The average Bonchev–Trinajstić information content (AvgIpc) is 2.18. The third kappa shape index (κ3) is 3.50. The van der Waals surface area contributed by atoms with Crippen molar-refractivity contribution in [3.8, 4) is 0 Å². The van der Waals surface area contributed by atoms with E-state index in [4.69, 9.17) is 0 Å². The van der Waals surface area contributed by atoms with Crippen molar-refractivity contribution in [1.29, 1.82) is 0 Å². The lowest BCUT2D eigenvalue weighted by atomic mass is 10.2. The molecule has 0 aromatic heterocycles. The van der Waals surface area contributed by atoms with Gasteiger partial charge in [-0.05, 0) is 30.7 Å². The number of hydrogen-bond acceptors (Lipinski definition) is 2. The van der Waals surface area contributed by atoms with Crippen LogP contribution >= 0.6 is 0 Å². The van der Waals surface area contributed by atoms with E-state index in [1.54, 1.807) is 6.92 Å². The van der Waals surface area contributed by atoms with Crippen LogP contribution in [0.4, 0.5) is 8.78 Å². The standard InChI is InChI=1S/C11H10F2O2/c1-2-15-11(14)10(13)7-8-4-3-5-9(12)6-8/h3-7H,2H2,1H3/b10-7+. The molecule has 0 fully saturated rings. The van der Waals surface area contributed by atoms with Gasteiger partial charge in [-0.15, -0.1) is 0 Å². The minimum Gasteiger partial charge on any atom is -0.461 e. The van der Waals surface area contributed by atoms with Crippen molar-refractivity contribution < 1.29 is 18.3 Å². The molecule has 0 saturated carbocycles. The summed E-state index contributed by atoms with van der Waals surface area (Å²) in [5.74, 6) is -2.57. The summed E-state index contributed by atoms with van der Waals surface area (Å²) in [6.07, 6.45) is 0.932. The SMILES string of the molecule is CCOC(=O)/C(F)=C\c1cccc(F)c1. The highest BCUT2D eigenvalue weighted by molar-refractivity contribution is 5.91. The molecule has 0 aliphatic heterocycles. The normalized spacial score (nSPS) is 11.3. The van der Waals surface area contributed by atoms with Crippen molar-refractivity contribution in [2.24, 2.45) is 0 Å². The molecular formula is C11H10F2O2. The van der Waals surface area contributed by atoms with Crippen LogP contribution in [-0.2, 0) is 9.53 Å². The first kappa shape index (κ1) is 11.4. The largest absolute Gasteiger partial charge is 0.461 e. The quantitative estimate of drug-likeness (QED) is 0.568. The Morgan fingerprint density at radius 3 is 2.87 bits per heavy atom. The summed E-state index contributed by atoms with van der Waals surface area (Å²) in [7, 11) is 0. The first-order valence-electron chi connectivity index (χ1n) is 4.43. The highest BCUT2D eigenvalue weighted by atomic mass is 19.1. The summed E-state index contributed by atoms with van der Waals surface area (Å²) in [5, 5.41) is 0.